The average molecular weight is 206 g/mol. The SMILES string of the molecule is O=C(O)C1(Cc2ccc(CO)cc2)CC1. The average Bonchev–Trinajstić information content (AvgIpc) is 3.00. The van der Waals surface area contributed by atoms with Crippen LogP contribution in [0, 0.1) is 5.41 Å². The van der Waals surface area contributed by atoms with Gasteiger partial charge in [0.15, 0.2) is 0 Å². The highest BCUT2D eigenvalue weighted by Gasteiger charge is 2.49. The second kappa shape index (κ2) is 3.66. The summed E-state index contributed by atoms with van der Waals surface area (Å²) in [5.74, 6) is -0.686. The van der Waals surface area contributed by atoms with Crippen molar-refractivity contribution < 1.29 is 15.0 Å². The monoisotopic (exact) mass is 206 g/mol. The molecule has 80 valence electrons. The van der Waals surface area contributed by atoms with Gasteiger partial charge in [-0.05, 0) is 30.4 Å². The van der Waals surface area contributed by atoms with Gasteiger partial charge in [-0.25, -0.2) is 0 Å². The third-order valence-corrected chi connectivity index (χ3v) is 3.06. The molecule has 0 bridgehead atoms. The number of aliphatic hydroxyl groups excluding tert-OH is 1. The van der Waals surface area contributed by atoms with Crippen molar-refractivity contribution in [3.8, 4) is 0 Å². The largest absolute Gasteiger partial charge is 0.481 e. The summed E-state index contributed by atoms with van der Waals surface area (Å²) >= 11 is 0. The minimum atomic E-state index is -0.686. The molecule has 0 aliphatic heterocycles. The Bertz CT molecular complexity index is 363. The summed E-state index contributed by atoms with van der Waals surface area (Å²) < 4.78 is 0. The van der Waals surface area contributed by atoms with Crippen molar-refractivity contribution in [2.45, 2.75) is 25.9 Å². The fourth-order valence-corrected chi connectivity index (χ4v) is 1.77. The Hall–Kier alpha value is -1.35. The highest BCUT2D eigenvalue weighted by molar-refractivity contribution is 5.78. The van der Waals surface area contributed by atoms with Crippen LogP contribution in [0.5, 0.6) is 0 Å². The molecule has 3 heteroatoms. The molecule has 2 N–H and O–H groups in total. The van der Waals surface area contributed by atoms with Crippen LogP contribution in [0.25, 0.3) is 0 Å². The number of aliphatic hydroxyl groups is 1. The van der Waals surface area contributed by atoms with Gasteiger partial charge in [0, 0.05) is 0 Å². The molecule has 1 fully saturated rings. The van der Waals surface area contributed by atoms with Crippen LogP contribution in [-0.2, 0) is 17.8 Å². The quantitative estimate of drug-likeness (QED) is 0.786. The van der Waals surface area contributed by atoms with Crippen molar-refractivity contribution in [1.29, 1.82) is 0 Å². The van der Waals surface area contributed by atoms with E-state index in [4.69, 9.17) is 10.2 Å². The van der Waals surface area contributed by atoms with Gasteiger partial charge in [-0.3, -0.25) is 4.79 Å². The lowest BCUT2D eigenvalue weighted by Crippen LogP contribution is -2.17. The number of rotatable bonds is 4. The predicted molar refractivity (Wildman–Crippen MR) is 55.4 cm³/mol. The van der Waals surface area contributed by atoms with Crippen LogP contribution in [-0.4, -0.2) is 16.2 Å². The van der Waals surface area contributed by atoms with E-state index < -0.39 is 11.4 Å². The molecule has 0 aromatic heterocycles. The van der Waals surface area contributed by atoms with E-state index in [2.05, 4.69) is 0 Å². The topological polar surface area (TPSA) is 57.5 Å². The Balaban J connectivity index is 2.08. The third-order valence-electron chi connectivity index (χ3n) is 3.06. The summed E-state index contributed by atoms with van der Waals surface area (Å²) in [5.41, 5.74) is 1.40. The number of aliphatic carboxylic acids is 1. The first kappa shape index (κ1) is 10.2. The van der Waals surface area contributed by atoms with Crippen molar-refractivity contribution in [3.63, 3.8) is 0 Å². The molecule has 0 saturated heterocycles. The van der Waals surface area contributed by atoms with Gasteiger partial charge >= 0.3 is 5.97 Å². The summed E-state index contributed by atoms with van der Waals surface area (Å²) in [6.45, 7) is 0.0321. The zero-order chi connectivity index (χ0) is 10.9. The maximum absolute atomic E-state index is 11.0. The number of benzene rings is 1. The third kappa shape index (κ3) is 2.02. The molecule has 1 aliphatic carbocycles. The minimum absolute atomic E-state index is 0.0321. The van der Waals surface area contributed by atoms with Crippen molar-refractivity contribution >= 4 is 5.97 Å². The van der Waals surface area contributed by atoms with E-state index in [-0.39, 0.29) is 6.61 Å². The lowest BCUT2D eigenvalue weighted by atomic mass is 9.96. The molecule has 0 amide bonds. The molecule has 15 heavy (non-hydrogen) atoms. The number of hydrogen-bond donors (Lipinski definition) is 2. The molecular formula is C12H14O3. The molecule has 0 unspecified atom stereocenters. The van der Waals surface area contributed by atoms with Crippen molar-refractivity contribution in [1.82, 2.24) is 0 Å². The molecule has 1 aromatic carbocycles. The predicted octanol–water partition coefficient (Wildman–Crippen LogP) is 1.59. The maximum atomic E-state index is 11.0. The van der Waals surface area contributed by atoms with E-state index >= 15 is 0 Å². The van der Waals surface area contributed by atoms with Crippen LogP contribution < -0.4 is 0 Å². The highest BCUT2D eigenvalue weighted by atomic mass is 16.4. The van der Waals surface area contributed by atoms with Crippen LogP contribution in [0.2, 0.25) is 0 Å². The summed E-state index contributed by atoms with van der Waals surface area (Å²) in [7, 11) is 0. The van der Waals surface area contributed by atoms with E-state index in [1.165, 1.54) is 0 Å². The van der Waals surface area contributed by atoms with Gasteiger partial charge in [0.05, 0.1) is 12.0 Å². The van der Waals surface area contributed by atoms with Crippen molar-refractivity contribution in [2.24, 2.45) is 5.41 Å². The molecule has 2 rings (SSSR count). The van der Waals surface area contributed by atoms with Gasteiger partial charge in [-0.1, -0.05) is 24.3 Å². The molecule has 0 radical (unpaired) electrons. The van der Waals surface area contributed by atoms with Gasteiger partial charge in [-0.2, -0.15) is 0 Å². The van der Waals surface area contributed by atoms with Gasteiger partial charge in [0.1, 0.15) is 0 Å². The second-order valence-corrected chi connectivity index (χ2v) is 4.24. The summed E-state index contributed by atoms with van der Waals surface area (Å²) in [6.07, 6.45) is 2.17. The molecular weight excluding hydrogens is 192 g/mol. The molecule has 0 atom stereocenters. The first-order chi connectivity index (χ1) is 7.16. The van der Waals surface area contributed by atoms with Gasteiger partial charge in [-0.15, -0.1) is 0 Å². The van der Waals surface area contributed by atoms with Crippen LogP contribution in [0.4, 0.5) is 0 Å². The van der Waals surface area contributed by atoms with Gasteiger partial charge in [0.2, 0.25) is 0 Å². The fourth-order valence-electron chi connectivity index (χ4n) is 1.77. The fraction of sp³-hybridized carbons (Fsp3) is 0.417. The van der Waals surface area contributed by atoms with Gasteiger partial charge in [0.25, 0.3) is 0 Å². The van der Waals surface area contributed by atoms with Crippen LogP contribution in [0.3, 0.4) is 0 Å². The highest BCUT2D eigenvalue weighted by Crippen LogP contribution is 2.48. The number of carboxylic acids is 1. The van der Waals surface area contributed by atoms with E-state index in [0.717, 1.165) is 24.0 Å². The zero-order valence-corrected chi connectivity index (χ0v) is 8.44. The van der Waals surface area contributed by atoms with E-state index in [9.17, 15) is 4.79 Å². The smallest absolute Gasteiger partial charge is 0.309 e. The second-order valence-electron chi connectivity index (χ2n) is 4.24. The van der Waals surface area contributed by atoms with E-state index in [0.29, 0.717) is 6.42 Å². The Morgan fingerprint density at radius 1 is 1.20 bits per heavy atom. The van der Waals surface area contributed by atoms with Crippen molar-refractivity contribution in [3.05, 3.63) is 35.4 Å². The maximum Gasteiger partial charge on any atom is 0.309 e. The Kier molecular flexibility index (Phi) is 2.49. The summed E-state index contributed by atoms with van der Waals surface area (Å²) in [5, 5.41) is 17.9. The normalized spacial score (nSPS) is 17.4. The molecule has 1 aromatic rings. The van der Waals surface area contributed by atoms with E-state index in [1.54, 1.807) is 0 Å². The first-order valence-electron chi connectivity index (χ1n) is 5.08. The molecule has 3 nitrogen and oxygen atoms in total. The summed E-state index contributed by atoms with van der Waals surface area (Å²) in [4.78, 5) is 11.0. The van der Waals surface area contributed by atoms with Crippen molar-refractivity contribution in [2.75, 3.05) is 0 Å². The van der Waals surface area contributed by atoms with Crippen LogP contribution in [0.15, 0.2) is 24.3 Å². The first-order valence-corrected chi connectivity index (χ1v) is 5.08. The number of carbonyl (C=O) groups is 1. The van der Waals surface area contributed by atoms with Crippen LogP contribution >= 0.6 is 0 Å². The lowest BCUT2D eigenvalue weighted by molar-refractivity contribution is -0.143. The molecule has 1 aliphatic rings. The Morgan fingerprint density at radius 2 is 1.73 bits per heavy atom. The summed E-state index contributed by atoms with van der Waals surface area (Å²) in [6, 6.07) is 7.48. The van der Waals surface area contributed by atoms with Crippen LogP contribution in [0.1, 0.15) is 24.0 Å². The molecule has 0 heterocycles. The zero-order valence-electron chi connectivity index (χ0n) is 8.44. The molecule has 0 spiro atoms. The van der Waals surface area contributed by atoms with E-state index in [1.807, 2.05) is 24.3 Å². The minimum Gasteiger partial charge on any atom is -0.481 e. The number of hydrogen-bond acceptors (Lipinski definition) is 2. The van der Waals surface area contributed by atoms with Gasteiger partial charge < -0.3 is 10.2 Å². The number of carboxylic acid groups (broad SMARTS) is 1. The Labute approximate surface area is 88.4 Å². The standard InChI is InChI=1S/C12H14O3/c13-8-10-3-1-9(2-4-10)7-12(5-6-12)11(14)15/h1-4,13H,5-8H2,(H,14,15). The lowest BCUT2D eigenvalue weighted by Gasteiger charge is -2.09. The Morgan fingerprint density at radius 3 is 2.13 bits per heavy atom. The molecule has 1 saturated carbocycles.